The van der Waals surface area contributed by atoms with Crippen molar-refractivity contribution in [3.05, 3.63) is 29.6 Å². The van der Waals surface area contributed by atoms with Crippen LogP contribution in [0.15, 0.2) is 18.3 Å². The van der Waals surface area contributed by atoms with Gasteiger partial charge in [-0.1, -0.05) is 0 Å². The van der Waals surface area contributed by atoms with Gasteiger partial charge in [-0.3, -0.25) is 4.79 Å². The van der Waals surface area contributed by atoms with Crippen LogP contribution in [0.5, 0.6) is 0 Å². The van der Waals surface area contributed by atoms with Gasteiger partial charge in [0.05, 0.1) is 18.7 Å². The lowest BCUT2D eigenvalue weighted by Crippen LogP contribution is -2.37. The lowest BCUT2D eigenvalue weighted by Gasteiger charge is -2.20. The van der Waals surface area contributed by atoms with E-state index in [1.54, 1.807) is 0 Å². The molecule has 1 heterocycles. The minimum atomic E-state index is -2.68. The first-order valence-corrected chi connectivity index (χ1v) is 5.13. The minimum Gasteiger partial charge on any atom is -0.395 e. The molecule has 5 nitrogen and oxygen atoms in total. The third-order valence-corrected chi connectivity index (χ3v) is 2.13. The van der Waals surface area contributed by atoms with Crippen LogP contribution in [-0.4, -0.2) is 47.0 Å². The summed E-state index contributed by atoms with van der Waals surface area (Å²) < 4.78 is 24.5. The Hall–Kier alpha value is -2.07. The Morgan fingerprint density at radius 2 is 2.28 bits per heavy atom. The Morgan fingerprint density at radius 1 is 1.56 bits per heavy atom. The van der Waals surface area contributed by atoms with Crippen molar-refractivity contribution < 1.29 is 18.7 Å². The maximum atomic E-state index is 12.3. The number of hydrogen-bond donors (Lipinski definition) is 1. The number of aliphatic hydroxyl groups is 1. The van der Waals surface area contributed by atoms with Crippen LogP contribution < -0.4 is 0 Å². The van der Waals surface area contributed by atoms with Crippen molar-refractivity contribution in [2.45, 2.75) is 6.43 Å². The van der Waals surface area contributed by atoms with Crippen molar-refractivity contribution >= 4 is 5.91 Å². The summed E-state index contributed by atoms with van der Waals surface area (Å²) in [4.78, 5) is 16.3. The normalized spacial score (nSPS) is 10.2. The largest absolute Gasteiger partial charge is 0.395 e. The van der Waals surface area contributed by atoms with Gasteiger partial charge in [-0.15, -0.1) is 0 Å². The molecule has 0 fully saturated rings. The molecule has 0 spiro atoms. The second kappa shape index (κ2) is 6.61. The molecule has 96 valence electrons. The molecule has 0 aliphatic carbocycles. The minimum absolute atomic E-state index is 0.0388. The number of carbonyl (C=O) groups is 1. The van der Waals surface area contributed by atoms with Crippen molar-refractivity contribution in [1.29, 1.82) is 5.26 Å². The lowest BCUT2D eigenvalue weighted by molar-refractivity contribution is 0.0504. The topological polar surface area (TPSA) is 77.2 Å². The molecule has 1 amide bonds. The molecule has 0 radical (unpaired) electrons. The number of rotatable bonds is 5. The molecule has 0 aliphatic heterocycles. The molecule has 0 aliphatic rings. The van der Waals surface area contributed by atoms with Gasteiger partial charge in [0.2, 0.25) is 0 Å². The molecule has 0 bridgehead atoms. The van der Waals surface area contributed by atoms with E-state index in [1.807, 2.05) is 6.07 Å². The first kappa shape index (κ1) is 14.0. The van der Waals surface area contributed by atoms with E-state index in [-0.39, 0.29) is 17.8 Å². The number of amides is 1. The number of nitrogens with zero attached hydrogens (tertiary/aromatic N) is 3. The highest BCUT2D eigenvalue weighted by atomic mass is 19.3. The van der Waals surface area contributed by atoms with E-state index in [4.69, 9.17) is 10.4 Å². The Morgan fingerprint density at radius 3 is 2.72 bits per heavy atom. The Bertz CT molecular complexity index is 443. The molecule has 0 atom stereocenters. The summed E-state index contributed by atoms with van der Waals surface area (Å²) in [5, 5.41) is 17.3. The van der Waals surface area contributed by atoms with Gasteiger partial charge < -0.3 is 10.0 Å². The van der Waals surface area contributed by atoms with Gasteiger partial charge in [0.15, 0.2) is 0 Å². The number of hydrogen-bond acceptors (Lipinski definition) is 4. The standard InChI is InChI=1S/C11H11F2N3O2/c12-10(13)7-16(3-4-17)11(18)9-2-1-8(5-14)6-15-9/h1-2,6,10,17H,3-4,7H2. The van der Waals surface area contributed by atoms with E-state index >= 15 is 0 Å². The van der Waals surface area contributed by atoms with Crippen LogP contribution >= 0.6 is 0 Å². The molecule has 0 saturated heterocycles. The zero-order valence-electron chi connectivity index (χ0n) is 9.38. The third-order valence-electron chi connectivity index (χ3n) is 2.13. The van der Waals surface area contributed by atoms with Crippen molar-refractivity contribution in [2.24, 2.45) is 0 Å². The summed E-state index contributed by atoms with van der Waals surface area (Å²) in [7, 11) is 0. The maximum Gasteiger partial charge on any atom is 0.272 e. The molecule has 0 unspecified atom stereocenters. The number of alkyl halides is 2. The zero-order chi connectivity index (χ0) is 13.5. The van der Waals surface area contributed by atoms with Crippen LogP contribution in [-0.2, 0) is 0 Å². The lowest BCUT2D eigenvalue weighted by atomic mass is 10.2. The summed E-state index contributed by atoms with van der Waals surface area (Å²) in [6.45, 7) is -1.36. The van der Waals surface area contributed by atoms with Crippen LogP contribution in [0.2, 0.25) is 0 Å². The van der Waals surface area contributed by atoms with E-state index in [1.165, 1.54) is 18.3 Å². The second-order valence-corrected chi connectivity index (χ2v) is 3.41. The van der Waals surface area contributed by atoms with Crippen LogP contribution in [0, 0.1) is 11.3 Å². The van der Waals surface area contributed by atoms with Crippen LogP contribution in [0.4, 0.5) is 8.78 Å². The molecule has 1 rings (SSSR count). The van der Waals surface area contributed by atoms with Crippen molar-refractivity contribution in [3.63, 3.8) is 0 Å². The van der Waals surface area contributed by atoms with E-state index in [2.05, 4.69) is 4.98 Å². The van der Waals surface area contributed by atoms with Crippen molar-refractivity contribution in [3.8, 4) is 6.07 Å². The molecule has 1 N–H and O–H groups in total. The molecule has 7 heteroatoms. The predicted octanol–water partition coefficient (Wildman–Crippen LogP) is 0.653. The van der Waals surface area contributed by atoms with Gasteiger partial charge in [-0.05, 0) is 12.1 Å². The van der Waals surface area contributed by atoms with Crippen LogP contribution in [0.1, 0.15) is 16.1 Å². The average molecular weight is 255 g/mol. The Kier molecular flexibility index (Phi) is 5.14. The first-order chi connectivity index (χ1) is 8.58. The fourth-order valence-electron chi connectivity index (χ4n) is 1.31. The summed E-state index contributed by atoms with van der Waals surface area (Å²) in [5.74, 6) is -0.700. The Balaban J connectivity index is 2.84. The molecule has 0 aromatic carbocycles. The average Bonchev–Trinajstić information content (AvgIpc) is 2.37. The number of pyridine rings is 1. The van der Waals surface area contributed by atoms with Gasteiger partial charge >= 0.3 is 0 Å². The summed E-state index contributed by atoms with van der Waals surface area (Å²) in [6.07, 6.45) is -1.49. The number of carbonyl (C=O) groups excluding carboxylic acids is 1. The van der Waals surface area contributed by atoms with E-state index in [0.29, 0.717) is 0 Å². The smallest absolute Gasteiger partial charge is 0.272 e. The highest BCUT2D eigenvalue weighted by molar-refractivity contribution is 5.92. The number of aliphatic hydroxyl groups excluding tert-OH is 1. The quantitative estimate of drug-likeness (QED) is 0.838. The highest BCUT2D eigenvalue weighted by Gasteiger charge is 2.20. The van der Waals surface area contributed by atoms with Gasteiger partial charge in [0.25, 0.3) is 12.3 Å². The fraction of sp³-hybridized carbons (Fsp3) is 0.364. The van der Waals surface area contributed by atoms with Crippen molar-refractivity contribution in [2.75, 3.05) is 19.7 Å². The molecule has 1 aromatic rings. The van der Waals surface area contributed by atoms with Crippen LogP contribution in [0.25, 0.3) is 0 Å². The molecular weight excluding hydrogens is 244 g/mol. The van der Waals surface area contributed by atoms with Crippen LogP contribution in [0.3, 0.4) is 0 Å². The number of halogens is 2. The van der Waals surface area contributed by atoms with E-state index in [0.717, 1.165) is 4.90 Å². The summed E-state index contributed by atoms with van der Waals surface area (Å²) >= 11 is 0. The molecule has 18 heavy (non-hydrogen) atoms. The predicted molar refractivity (Wildman–Crippen MR) is 57.9 cm³/mol. The molecular formula is C11H11F2N3O2. The fourth-order valence-corrected chi connectivity index (χ4v) is 1.31. The van der Waals surface area contributed by atoms with Gasteiger partial charge in [-0.25, -0.2) is 13.8 Å². The van der Waals surface area contributed by atoms with E-state index in [9.17, 15) is 13.6 Å². The maximum absolute atomic E-state index is 12.3. The molecule has 1 aromatic heterocycles. The highest BCUT2D eigenvalue weighted by Crippen LogP contribution is 2.06. The van der Waals surface area contributed by atoms with Gasteiger partial charge in [0.1, 0.15) is 11.8 Å². The summed E-state index contributed by atoms with van der Waals surface area (Å²) in [6, 6.07) is 4.50. The van der Waals surface area contributed by atoms with E-state index < -0.39 is 25.5 Å². The number of nitriles is 1. The monoisotopic (exact) mass is 255 g/mol. The van der Waals surface area contributed by atoms with Gasteiger partial charge in [-0.2, -0.15) is 5.26 Å². The Labute approximate surface area is 102 Å². The molecule has 0 saturated carbocycles. The summed E-state index contributed by atoms with van der Waals surface area (Å²) in [5.41, 5.74) is 0.234. The number of aromatic nitrogens is 1. The third kappa shape index (κ3) is 3.75. The first-order valence-electron chi connectivity index (χ1n) is 5.13. The zero-order valence-corrected chi connectivity index (χ0v) is 9.38. The van der Waals surface area contributed by atoms with Crippen molar-refractivity contribution in [1.82, 2.24) is 9.88 Å². The second-order valence-electron chi connectivity index (χ2n) is 3.41. The SMILES string of the molecule is N#Cc1ccc(C(=O)N(CCO)CC(F)F)nc1. The van der Waals surface area contributed by atoms with Gasteiger partial charge in [0, 0.05) is 12.7 Å².